The van der Waals surface area contributed by atoms with Crippen molar-refractivity contribution in [3.8, 4) is 28.7 Å². The molecule has 0 spiro atoms. The van der Waals surface area contributed by atoms with Gasteiger partial charge in [0.05, 0.1) is 28.0 Å². The zero-order valence-corrected chi connectivity index (χ0v) is 17.2. The topological polar surface area (TPSA) is 61.9 Å². The molecule has 28 heavy (non-hydrogen) atoms. The van der Waals surface area contributed by atoms with E-state index >= 15 is 0 Å². The van der Waals surface area contributed by atoms with E-state index in [2.05, 4.69) is 10.00 Å². The number of ether oxygens (including phenoxy) is 3. The van der Waals surface area contributed by atoms with Crippen LogP contribution in [0.4, 0.5) is 0 Å². The monoisotopic (exact) mass is 401 g/mol. The summed E-state index contributed by atoms with van der Waals surface area (Å²) in [5.74, 6) is 2.56. The Morgan fingerprint density at radius 3 is 2.14 bits per heavy atom. The summed E-state index contributed by atoms with van der Waals surface area (Å²) >= 11 is 5.34. The Morgan fingerprint density at radius 1 is 0.964 bits per heavy atom. The van der Waals surface area contributed by atoms with Gasteiger partial charge in [-0.15, -0.1) is 5.10 Å². The van der Waals surface area contributed by atoms with Gasteiger partial charge in [0.2, 0.25) is 5.89 Å². The van der Waals surface area contributed by atoms with Crippen molar-refractivity contribution in [2.24, 2.45) is 0 Å². The molecule has 1 heterocycles. The standard InChI is InChI=1S/C20H23N3O4S/c1-22(12-14-5-7-16(24-2)8-6-14)13-23-20(28)27-19(21-23)15-9-17(25-3)11-18(10-15)26-4/h5-11H,12-13H2,1-4H3. The van der Waals surface area contributed by atoms with E-state index in [0.717, 1.165) is 23.4 Å². The molecule has 0 unspecified atom stereocenters. The highest BCUT2D eigenvalue weighted by Gasteiger charge is 2.13. The third kappa shape index (κ3) is 4.71. The molecule has 0 saturated heterocycles. The Labute approximate surface area is 169 Å². The quantitative estimate of drug-likeness (QED) is 0.529. The molecule has 3 rings (SSSR count). The first-order valence-electron chi connectivity index (χ1n) is 8.65. The van der Waals surface area contributed by atoms with E-state index in [9.17, 15) is 0 Å². The van der Waals surface area contributed by atoms with Gasteiger partial charge in [-0.25, -0.2) is 4.68 Å². The second-order valence-corrected chi connectivity index (χ2v) is 6.63. The summed E-state index contributed by atoms with van der Waals surface area (Å²) in [6.07, 6.45) is 0. The molecule has 148 valence electrons. The molecule has 3 aromatic rings. The predicted molar refractivity (Wildman–Crippen MR) is 108 cm³/mol. The molecular weight excluding hydrogens is 378 g/mol. The summed E-state index contributed by atoms with van der Waals surface area (Å²) in [4.78, 5) is 2.40. The predicted octanol–water partition coefficient (Wildman–Crippen LogP) is 3.99. The maximum absolute atomic E-state index is 5.69. The molecule has 8 heteroatoms. The molecule has 0 aliphatic carbocycles. The molecule has 0 aliphatic rings. The number of aromatic nitrogens is 2. The zero-order valence-electron chi connectivity index (χ0n) is 16.3. The fraction of sp³-hybridized carbons (Fsp3) is 0.300. The SMILES string of the molecule is COc1ccc(CN(C)Cn2nc(-c3cc(OC)cc(OC)c3)oc2=S)cc1. The average Bonchev–Trinajstić information content (AvgIpc) is 3.08. The van der Waals surface area contributed by atoms with Crippen LogP contribution >= 0.6 is 12.2 Å². The number of benzene rings is 2. The highest BCUT2D eigenvalue weighted by Crippen LogP contribution is 2.29. The molecule has 0 saturated carbocycles. The Kier molecular flexibility index (Phi) is 6.33. The summed E-state index contributed by atoms with van der Waals surface area (Å²) < 4.78 is 23.1. The summed E-state index contributed by atoms with van der Waals surface area (Å²) in [6.45, 7) is 1.23. The molecule has 0 aliphatic heterocycles. The lowest BCUT2D eigenvalue weighted by Gasteiger charge is -2.16. The number of rotatable bonds is 8. The third-order valence-corrected chi connectivity index (χ3v) is 4.49. The van der Waals surface area contributed by atoms with Gasteiger partial charge in [-0.05, 0) is 49.1 Å². The van der Waals surface area contributed by atoms with E-state index < -0.39 is 0 Å². The van der Waals surface area contributed by atoms with Crippen molar-refractivity contribution in [2.75, 3.05) is 28.4 Å². The van der Waals surface area contributed by atoms with E-state index in [1.165, 1.54) is 0 Å². The van der Waals surface area contributed by atoms with Gasteiger partial charge in [0.15, 0.2) is 0 Å². The first-order valence-corrected chi connectivity index (χ1v) is 9.06. The third-order valence-electron chi connectivity index (χ3n) is 4.19. The van der Waals surface area contributed by atoms with Crippen molar-refractivity contribution in [1.29, 1.82) is 0 Å². The van der Waals surface area contributed by atoms with Crippen LogP contribution in [0.3, 0.4) is 0 Å². The highest BCUT2D eigenvalue weighted by molar-refractivity contribution is 7.71. The number of methoxy groups -OCH3 is 3. The lowest BCUT2D eigenvalue weighted by Crippen LogP contribution is -2.22. The fourth-order valence-corrected chi connectivity index (χ4v) is 2.94. The van der Waals surface area contributed by atoms with Gasteiger partial charge in [-0.2, -0.15) is 0 Å². The maximum Gasteiger partial charge on any atom is 0.288 e. The number of nitrogens with zero attached hydrogens (tertiary/aromatic N) is 3. The van der Waals surface area contributed by atoms with Crippen molar-refractivity contribution < 1.29 is 18.6 Å². The van der Waals surface area contributed by atoms with Crippen LogP contribution in [0.15, 0.2) is 46.9 Å². The Morgan fingerprint density at radius 2 is 1.57 bits per heavy atom. The van der Waals surface area contributed by atoms with Crippen LogP contribution in [0.25, 0.3) is 11.5 Å². The summed E-state index contributed by atoms with van der Waals surface area (Å²) in [5, 5.41) is 4.51. The van der Waals surface area contributed by atoms with Gasteiger partial charge in [0, 0.05) is 18.2 Å². The molecule has 0 atom stereocenters. The molecule has 0 fully saturated rings. The smallest absolute Gasteiger partial charge is 0.288 e. The molecule has 1 aromatic heterocycles. The Bertz CT molecular complexity index is 960. The molecule has 0 amide bonds. The van der Waals surface area contributed by atoms with E-state index in [0.29, 0.717) is 28.9 Å². The van der Waals surface area contributed by atoms with E-state index in [4.69, 9.17) is 30.8 Å². The summed E-state index contributed by atoms with van der Waals surface area (Å²) in [7, 11) is 6.85. The second-order valence-electron chi connectivity index (χ2n) is 6.28. The van der Waals surface area contributed by atoms with Gasteiger partial charge >= 0.3 is 0 Å². The van der Waals surface area contributed by atoms with Crippen molar-refractivity contribution in [2.45, 2.75) is 13.2 Å². The van der Waals surface area contributed by atoms with E-state index in [1.54, 1.807) is 32.1 Å². The van der Waals surface area contributed by atoms with Gasteiger partial charge in [0.25, 0.3) is 4.84 Å². The van der Waals surface area contributed by atoms with Gasteiger partial charge in [-0.3, -0.25) is 4.90 Å². The average molecular weight is 401 g/mol. The van der Waals surface area contributed by atoms with Gasteiger partial charge in [-0.1, -0.05) is 12.1 Å². The van der Waals surface area contributed by atoms with Crippen LogP contribution < -0.4 is 14.2 Å². The minimum Gasteiger partial charge on any atom is -0.497 e. The summed E-state index contributed by atoms with van der Waals surface area (Å²) in [5.41, 5.74) is 1.90. The molecule has 0 radical (unpaired) electrons. The summed E-state index contributed by atoms with van der Waals surface area (Å²) in [6, 6.07) is 13.4. The van der Waals surface area contributed by atoms with Crippen molar-refractivity contribution in [3.63, 3.8) is 0 Å². The lowest BCUT2D eigenvalue weighted by molar-refractivity contribution is 0.240. The van der Waals surface area contributed by atoms with Crippen molar-refractivity contribution in [3.05, 3.63) is 52.9 Å². The Balaban J connectivity index is 1.75. The molecule has 2 aromatic carbocycles. The maximum atomic E-state index is 5.69. The lowest BCUT2D eigenvalue weighted by atomic mass is 10.2. The Hall–Kier alpha value is -2.84. The minimum absolute atomic E-state index is 0.304. The van der Waals surface area contributed by atoms with E-state index in [-0.39, 0.29) is 0 Å². The normalized spacial score (nSPS) is 10.9. The molecule has 7 nitrogen and oxygen atoms in total. The molecular formula is C20H23N3O4S. The van der Waals surface area contributed by atoms with Crippen molar-refractivity contribution in [1.82, 2.24) is 14.7 Å². The van der Waals surface area contributed by atoms with Gasteiger partial charge < -0.3 is 18.6 Å². The van der Waals surface area contributed by atoms with Crippen LogP contribution in [0, 0.1) is 4.84 Å². The zero-order chi connectivity index (χ0) is 20.1. The minimum atomic E-state index is 0.304. The number of hydrogen-bond acceptors (Lipinski definition) is 7. The van der Waals surface area contributed by atoms with Crippen LogP contribution in [-0.4, -0.2) is 43.1 Å². The number of hydrogen-bond donors (Lipinski definition) is 0. The molecule has 0 N–H and O–H groups in total. The first-order chi connectivity index (χ1) is 13.5. The van der Waals surface area contributed by atoms with Crippen LogP contribution in [0.5, 0.6) is 17.2 Å². The van der Waals surface area contributed by atoms with E-state index in [1.807, 2.05) is 43.4 Å². The van der Waals surface area contributed by atoms with Crippen LogP contribution in [0.1, 0.15) is 5.56 Å². The van der Waals surface area contributed by atoms with Crippen molar-refractivity contribution >= 4 is 12.2 Å². The van der Waals surface area contributed by atoms with Crippen LogP contribution in [-0.2, 0) is 13.2 Å². The highest BCUT2D eigenvalue weighted by atomic mass is 32.1. The second kappa shape index (κ2) is 8.90. The molecule has 0 bridgehead atoms. The fourth-order valence-electron chi connectivity index (χ4n) is 2.76. The first kappa shape index (κ1) is 19.9. The van der Waals surface area contributed by atoms with Crippen LogP contribution in [0.2, 0.25) is 0 Å². The van der Waals surface area contributed by atoms with Gasteiger partial charge in [0.1, 0.15) is 17.2 Å². The largest absolute Gasteiger partial charge is 0.497 e.